The Morgan fingerprint density at radius 2 is 2.06 bits per heavy atom. The molecule has 1 unspecified atom stereocenters. The molecular weight excluding hydrogens is 228 g/mol. The Morgan fingerprint density at radius 1 is 1.44 bits per heavy atom. The summed E-state index contributed by atoms with van der Waals surface area (Å²) in [4.78, 5) is 11.8. The van der Waals surface area contributed by atoms with Gasteiger partial charge in [0.2, 0.25) is 5.91 Å². The molecule has 0 spiro atoms. The molecular formula is C14H28N2O2. The van der Waals surface area contributed by atoms with Gasteiger partial charge in [0.05, 0.1) is 0 Å². The van der Waals surface area contributed by atoms with Crippen LogP contribution in [0.4, 0.5) is 0 Å². The van der Waals surface area contributed by atoms with Crippen molar-refractivity contribution < 1.29 is 9.90 Å². The fourth-order valence-corrected chi connectivity index (χ4v) is 2.38. The summed E-state index contributed by atoms with van der Waals surface area (Å²) >= 11 is 0. The first-order valence-electron chi connectivity index (χ1n) is 6.90. The van der Waals surface area contributed by atoms with E-state index in [1.807, 2.05) is 0 Å². The summed E-state index contributed by atoms with van der Waals surface area (Å²) in [7, 11) is 0. The lowest BCUT2D eigenvalue weighted by atomic mass is 9.87. The van der Waals surface area contributed by atoms with Gasteiger partial charge in [0.25, 0.3) is 0 Å². The number of nitrogens with two attached hydrogens (primary N) is 1. The van der Waals surface area contributed by atoms with Crippen molar-refractivity contribution in [1.29, 1.82) is 0 Å². The molecule has 4 heteroatoms. The SMILES string of the molecule is CC(C)(C)CC(N)CC(=O)NCC1(CCO)CC1. The maximum Gasteiger partial charge on any atom is 0.221 e. The minimum Gasteiger partial charge on any atom is -0.396 e. The second-order valence-electron chi connectivity index (χ2n) is 6.98. The lowest BCUT2D eigenvalue weighted by Crippen LogP contribution is -2.36. The highest BCUT2D eigenvalue weighted by Gasteiger charge is 2.41. The first-order valence-corrected chi connectivity index (χ1v) is 6.90. The van der Waals surface area contributed by atoms with Crippen LogP contribution in [0.2, 0.25) is 0 Å². The topological polar surface area (TPSA) is 75.4 Å². The summed E-state index contributed by atoms with van der Waals surface area (Å²) in [6.07, 6.45) is 4.26. The van der Waals surface area contributed by atoms with Crippen LogP contribution in [0.3, 0.4) is 0 Å². The van der Waals surface area contributed by atoms with Crippen LogP contribution < -0.4 is 11.1 Å². The van der Waals surface area contributed by atoms with E-state index in [0.29, 0.717) is 13.0 Å². The average Bonchev–Trinajstić information content (AvgIpc) is 2.93. The third-order valence-corrected chi connectivity index (χ3v) is 3.58. The molecule has 0 heterocycles. The van der Waals surface area contributed by atoms with E-state index in [0.717, 1.165) is 25.7 Å². The Balaban J connectivity index is 2.21. The van der Waals surface area contributed by atoms with Gasteiger partial charge in [-0.2, -0.15) is 0 Å². The van der Waals surface area contributed by atoms with Crippen molar-refractivity contribution in [2.75, 3.05) is 13.2 Å². The lowest BCUT2D eigenvalue weighted by molar-refractivity contribution is -0.121. The predicted molar refractivity (Wildman–Crippen MR) is 73.0 cm³/mol. The predicted octanol–water partition coefficient (Wildman–Crippen LogP) is 1.42. The molecule has 1 fully saturated rings. The van der Waals surface area contributed by atoms with E-state index < -0.39 is 0 Å². The Labute approximate surface area is 110 Å². The fourth-order valence-electron chi connectivity index (χ4n) is 2.38. The molecule has 4 N–H and O–H groups in total. The quantitative estimate of drug-likeness (QED) is 0.645. The van der Waals surface area contributed by atoms with Gasteiger partial charge in [0, 0.05) is 25.6 Å². The summed E-state index contributed by atoms with van der Waals surface area (Å²) in [5.41, 5.74) is 6.31. The van der Waals surface area contributed by atoms with Crippen LogP contribution in [-0.4, -0.2) is 30.2 Å². The van der Waals surface area contributed by atoms with Crippen LogP contribution in [-0.2, 0) is 4.79 Å². The van der Waals surface area contributed by atoms with Gasteiger partial charge < -0.3 is 16.2 Å². The van der Waals surface area contributed by atoms with Gasteiger partial charge in [0.1, 0.15) is 0 Å². The largest absolute Gasteiger partial charge is 0.396 e. The highest BCUT2D eigenvalue weighted by molar-refractivity contribution is 5.76. The smallest absolute Gasteiger partial charge is 0.221 e. The lowest BCUT2D eigenvalue weighted by Gasteiger charge is -2.23. The summed E-state index contributed by atoms with van der Waals surface area (Å²) in [6.45, 7) is 7.29. The zero-order valence-electron chi connectivity index (χ0n) is 12.0. The Morgan fingerprint density at radius 3 is 2.50 bits per heavy atom. The third-order valence-electron chi connectivity index (χ3n) is 3.58. The molecule has 106 valence electrons. The number of carbonyl (C=O) groups excluding carboxylic acids is 1. The van der Waals surface area contributed by atoms with Crippen LogP contribution >= 0.6 is 0 Å². The van der Waals surface area contributed by atoms with Crippen LogP contribution in [0.1, 0.15) is 52.9 Å². The zero-order chi connectivity index (χ0) is 13.8. The Bertz CT molecular complexity index is 280. The average molecular weight is 256 g/mol. The number of aliphatic hydroxyl groups is 1. The highest BCUT2D eigenvalue weighted by atomic mass is 16.3. The van der Waals surface area contributed by atoms with E-state index in [-0.39, 0.29) is 29.4 Å². The number of nitrogens with one attached hydrogen (secondary N) is 1. The molecule has 1 aliphatic carbocycles. The monoisotopic (exact) mass is 256 g/mol. The summed E-state index contributed by atoms with van der Waals surface area (Å²) in [5.74, 6) is 0.0379. The van der Waals surface area contributed by atoms with Crippen molar-refractivity contribution in [3.63, 3.8) is 0 Å². The molecule has 18 heavy (non-hydrogen) atoms. The summed E-state index contributed by atoms with van der Waals surface area (Å²) < 4.78 is 0. The molecule has 0 bridgehead atoms. The first-order chi connectivity index (χ1) is 8.26. The number of rotatable bonds is 7. The van der Waals surface area contributed by atoms with Gasteiger partial charge in [-0.25, -0.2) is 0 Å². The minimum absolute atomic E-state index is 0.0379. The van der Waals surface area contributed by atoms with Crippen molar-refractivity contribution in [2.45, 2.75) is 58.9 Å². The van der Waals surface area contributed by atoms with Crippen LogP contribution in [0, 0.1) is 10.8 Å². The Kier molecular flexibility index (Phi) is 5.17. The minimum atomic E-state index is -0.0713. The van der Waals surface area contributed by atoms with E-state index in [1.54, 1.807) is 0 Å². The second-order valence-corrected chi connectivity index (χ2v) is 6.98. The molecule has 0 saturated heterocycles. The fraction of sp³-hybridized carbons (Fsp3) is 0.929. The number of hydrogen-bond acceptors (Lipinski definition) is 3. The van der Waals surface area contributed by atoms with Gasteiger partial charge in [-0.05, 0) is 36.5 Å². The molecule has 1 aliphatic rings. The molecule has 0 aromatic heterocycles. The maximum absolute atomic E-state index is 11.8. The van der Waals surface area contributed by atoms with Gasteiger partial charge in [0.15, 0.2) is 0 Å². The van der Waals surface area contributed by atoms with Gasteiger partial charge in [-0.1, -0.05) is 20.8 Å². The van der Waals surface area contributed by atoms with Crippen LogP contribution in [0.15, 0.2) is 0 Å². The van der Waals surface area contributed by atoms with Crippen molar-refractivity contribution in [2.24, 2.45) is 16.6 Å². The van der Waals surface area contributed by atoms with Crippen LogP contribution in [0.25, 0.3) is 0 Å². The van der Waals surface area contributed by atoms with Crippen molar-refractivity contribution in [3.05, 3.63) is 0 Å². The molecule has 0 aliphatic heterocycles. The van der Waals surface area contributed by atoms with E-state index in [4.69, 9.17) is 10.8 Å². The maximum atomic E-state index is 11.8. The standard InChI is InChI=1S/C14H28N2O2/c1-13(2,3)9-11(15)8-12(18)16-10-14(4-5-14)6-7-17/h11,17H,4-10,15H2,1-3H3,(H,16,18). The van der Waals surface area contributed by atoms with Crippen molar-refractivity contribution >= 4 is 5.91 Å². The van der Waals surface area contributed by atoms with Gasteiger partial charge in [-0.15, -0.1) is 0 Å². The Hall–Kier alpha value is -0.610. The zero-order valence-corrected chi connectivity index (χ0v) is 12.0. The molecule has 1 amide bonds. The number of carbonyl (C=O) groups is 1. The normalized spacial score (nSPS) is 19.4. The second kappa shape index (κ2) is 6.02. The van der Waals surface area contributed by atoms with E-state index in [1.165, 1.54) is 0 Å². The number of hydrogen-bond donors (Lipinski definition) is 3. The van der Waals surface area contributed by atoms with Crippen LogP contribution in [0.5, 0.6) is 0 Å². The van der Waals surface area contributed by atoms with E-state index >= 15 is 0 Å². The molecule has 0 aromatic carbocycles. The molecule has 1 rings (SSSR count). The van der Waals surface area contributed by atoms with E-state index in [2.05, 4.69) is 26.1 Å². The highest BCUT2D eigenvalue weighted by Crippen LogP contribution is 2.47. The van der Waals surface area contributed by atoms with E-state index in [9.17, 15) is 4.79 Å². The number of amides is 1. The molecule has 0 aromatic rings. The summed E-state index contributed by atoms with van der Waals surface area (Å²) in [6, 6.07) is -0.0713. The molecule has 1 saturated carbocycles. The first kappa shape index (κ1) is 15.4. The summed E-state index contributed by atoms with van der Waals surface area (Å²) in [5, 5.41) is 11.9. The molecule has 1 atom stereocenters. The third kappa shape index (κ3) is 5.83. The molecule has 4 nitrogen and oxygen atoms in total. The number of aliphatic hydroxyl groups excluding tert-OH is 1. The van der Waals surface area contributed by atoms with Gasteiger partial charge >= 0.3 is 0 Å². The van der Waals surface area contributed by atoms with Gasteiger partial charge in [-0.3, -0.25) is 4.79 Å². The molecule has 0 radical (unpaired) electrons. The van der Waals surface area contributed by atoms with Crippen molar-refractivity contribution in [3.8, 4) is 0 Å². The van der Waals surface area contributed by atoms with Crippen molar-refractivity contribution in [1.82, 2.24) is 5.32 Å².